The van der Waals surface area contributed by atoms with Crippen LogP contribution in [0.25, 0.3) is 10.6 Å². The molecule has 2 aromatic carbocycles. The molecule has 6 nitrogen and oxygen atoms in total. The number of hydrogen-bond donors (Lipinski definition) is 0. The molecule has 1 aliphatic heterocycles. The van der Waals surface area contributed by atoms with Crippen LogP contribution in [0.3, 0.4) is 0 Å². The molecule has 1 aromatic heterocycles. The molecule has 0 N–H and O–H groups in total. The van der Waals surface area contributed by atoms with Crippen LogP contribution in [0.4, 0.5) is 13.2 Å². The highest BCUT2D eigenvalue weighted by Crippen LogP contribution is 2.32. The van der Waals surface area contributed by atoms with E-state index in [-0.39, 0.29) is 21.0 Å². The summed E-state index contributed by atoms with van der Waals surface area (Å²) in [7, 11) is 0. The van der Waals surface area contributed by atoms with Gasteiger partial charge in [0.05, 0.1) is 22.9 Å². The van der Waals surface area contributed by atoms with Crippen molar-refractivity contribution in [1.29, 1.82) is 0 Å². The number of carbonyl (C=O) groups is 3. The fraction of sp³-hybridized carbons (Fsp3) is 0.0526. The van der Waals surface area contributed by atoms with Crippen molar-refractivity contribution in [3.8, 4) is 10.6 Å². The van der Waals surface area contributed by atoms with Crippen molar-refractivity contribution in [3.63, 3.8) is 0 Å². The Balaban J connectivity index is 1.51. The van der Waals surface area contributed by atoms with Gasteiger partial charge in [0.25, 0.3) is 11.8 Å². The van der Waals surface area contributed by atoms with Crippen LogP contribution < -0.4 is 0 Å². The smallest absolute Gasteiger partial charge is 0.323 e. The maximum absolute atomic E-state index is 12.7. The van der Waals surface area contributed by atoms with Crippen molar-refractivity contribution in [2.45, 2.75) is 6.18 Å². The van der Waals surface area contributed by atoms with Crippen molar-refractivity contribution in [3.05, 3.63) is 76.3 Å². The minimum Gasteiger partial charge on any atom is -0.323 e. The van der Waals surface area contributed by atoms with Crippen LogP contribution in [0.1, 0.15) is 36.0 Å². The number of fused-ring (bicyclic) bond motifs is 1. The van der Waals surface area contributed by atoms with E-state index in [1.54, 1.807) is 12.1 Å². The van der Waals surface area contributed by atoms with Crippen molar-refractivity contribution in [2.75, 3.05) is 0 Å². The van der Waals surface area contributed by atoms with E-state index in [0.29, 0.717) is 10.6 Å². The summed E-state index contributed by atoms with van der Waals surface area (Å²) < 4.78 is 38.0. The van der Waals surface area contributed by atoms with Crippen LogP contribution >= 0.6 is 11.3 Å². The van der Waals surface area contributed by atoms with Gasteiger partial charge in [-0.15, -0.1) is 11.3 Å². The summed E-state index contributed by atoms with van der Waals surface area (Å²) in [5.74, 6) is -2.49. The van der Waals surface area contributed by atoms with Crippen LogP contribution in [0.2, 0.25) is 0 Å². The highest BCUT2D eigenvalue weighted by atomic mass is 32.1. The van der Waals surface area contributed by atoms with Crippen molar-refractivity contribution in [2.24, 2.45) is 0 Å². The summed E-state index contributed by atoms with van der Waals surface area (Å²) in [6.45, 7) is 0. The molecule has 2 heterocycles. The third-order valence-corrected chi connectivity index (χ3v) is 5.12. The number of hydrogen-bond acceptors (Lipinski definition) is 6. The second kappa shape index (κ2) is 6.82. The Morgan fingerprint density at radius 1 is 0.966 bits per heavy atom. The van der Waals surface area contributed by atoms with Crippen molar-refractivity contribution < 1.29 is 32.4 Å². The molecule has 3 aromatic rings. The van der Waals surface area contributed by atoms with Gasteiger partial charge in [-0.05, 0) is 24.3 Å². The number of rotatable bonds is 3. The molecular formula is C19H9F3N2O4S. The molecule has 0 spiro atoms. The second-order valence-electron chi connectivity index (χ2n) is 5.93. The van der Waals surface area contributed by atoms with Crippen molar-refractivity contribution in [1.82, 2.24) is 10.0 Å². The van der Waals surface area contributed by atoms with Crippen LogP contribution in [-0.4, -0.2) is 27.8 Å². The molecule has 0 fully saturated rings. The molecule has 4 rings (SSSR count). The van der Waals surface area contributed by atoms with Gasteiger partial charge >= 0.3 is 12.1 Å². The minimum absolute atomic E-state index is 0.0172. The van der Waals surface area contributed by atoms with Gasteiger partial charge in [0, 0.05) is 5.56 Å². The summed E-state index contributed by atoms with van der Waals surface area (Å²) in [6.07, 6.45) is -3.29. The number of carbonyl (C=O) groups excluding carboxylic acids is 3. The largest absolute Gasteiger partial charge is 0.416 e. The van der Waals surface area contributed by atoms with E-state index >= 15 is 0 Å². The summed E-state index contributed by atoms with van der Waals surface area (Å²) in [6, 6.07) is 10.3. The lowest BCUT2D eigenvalue weighted by molar-refractivity contribution is -0.137. The molecular weight excluding hydrogens is 409 g/mol. The number of amides is 2. The quantitative estimate of drug-likeness (QED) is 0.596. The number of nitrogens with zero attached hydrogens (tertiary/aromatic N) is 2. The van der Waals surface area contributed by atoms with Crippen LogP contribution in [0.15, 0.2) is 54.7 Å². The van der Waals surface area contributed by atoms with E-state index in [1.807, 2.05) is 0 Å². The lowest BCUT2D eigenvalue weighted by Gasteiger charge is -2.11. The Bertz CT molecular complexity index is 1100. The Morgan fingerprint density at radius 2 is 1.55 bits per heavy atom. The van der Waals surface area contributed by atoms with E-state index in [2.05, 4.69) is 4.98 Å². The van der Waals surface area contributed by atoms with Crippen LogP contribution in [0, 0.1) is 0 Å². The predicted molar refractivity (Wildman–Crippen MR) is 94.9 cm³/mol. The fourth-order valence-corrected chi connectivity index (χ4v) is 3.48. The van der Waals surface area contributed by atoms with Gasteiger partial charge in [-0.2, -0.15) is 13.2 Å². The molecule has 0 saturated heterocycles. The van der Waals surface area contributed by atoms with E-state index in [4.69, 9.17) is 4.84 Å². The van der Waals surface area contributed by atoms with Gasteiger partial charge < -0.3 is 4.84 Å². The lowest BCUT2D eigenvalue weighted by Crippen LogP contribution is -2.32. The van der Waals surface area contributed by atoms with Gasteiger partial charge in [-0.1, -0.05) is 29.3 Å². The number of aromatic nitrogens is 1. The molecule has 0 unspecified atom stereocenters. The fourth-order valence-electron chi connectivity index (χ4n) is 2.68. The Kier molecular flexibility index (Phi) is 4.42. The molecule has 146 valence electrons. The Labute approximate surface area is 165 Å². The zero-order chi connectivity index (χ0) is 20.8. The summed E-state index contributed by atoms with van der Waals surface area (Å²) >= 11 is 0.861. The van der Waals surface area contributed by atoms with E-state index in [9.17, 15) is 27.6 Å². The zero-order valence-electron chi connectivity index (χ0n) is 14.3. The highest BCUT2D eigenvalue weighted by molar-refractivity contribution is 7.16. The average molecular weight is 418 g/mol. The number of hydroxylamine groups is 2. The number of imide groups is 1. The molecule has 10 heteroatoms. The molecule has 0 aliphatic carbocycles. The summed E-state index contributed by atoms with van der Waals surface area (Å²) in [4.78, 5) is 45.7. The normalized spacial score (nSPS) is 13.6. The van der Waals surface area contributed by atoms with E-state index < -0.39 is 29.5 Å². The monoisotopic (exact) mass is 418 g/mol. The standard InChI is InChI=1S/C19H9F3N2O4S/c20-19(21,22)11-7-5-10(6-8-11)15-23-9-14(29-15)18(27)28-24-16(25)12-3-1-2-4-13(12)17(24)26/h1-9H. The first kappa shape index (κ1) is 18.8. The summed E-state index contributed by atoms with van der Waals surface area (Å²) in [5.41, 5.74) is -0.175. The number of alkyl halides is 3. The van der Waals surface area contributed by atoms with Gasteiger partial charge in [-0.25, -0.2) is 9.78 Å². The highest BCUT2D eigenvalue weighted by Gasteiger charge is 2.39. The minimum atomic E-state index is -4.46. The topological polar surface area (TPSA) is 76.6 Å². The maximum atomic E-state index is 12.7. The SMILES string of the molecule is O=C(ON1C(=O)c2ccccc2C1=O)c1cnc(-c2ccc(C(F)(F)F)cc2)s1. The molecule has 0 saturated carbocycles. The van der Waals surface area contributed by atoms with Crippen LogP contribution in [0.5, 0.6) is 0 Å². The third kappa shape index (κ3) is 3.38. The number of benzene rings is 2. The Morgan fingerprint density at radius 3 is 2.10 bits per heavy atom. The second-order valence-corrected chi connectivity index (χ2v) is 6.96. The van der Waals surface area contributed by atoms with E-state index in [1.165, 1.54) is 24.3 Å². The molecule has 0 atom stereocenters. The van der Waals surface area contributed by atoms with Crippen molar-refractivity contribution >= 4 is 29.1 Å². The first-order valence-corrected chi connectivity index (χ1v) is 8.91. The molecule has 1 aliphatic rings. The van der Waals surface area contributed by atoms with Gasteiger partial charge in [-0.3, -0.25) is 9.59 Å². The third-order valence-electron chi connectivity index (χ3n) is 4.10. The van der Waals surface area contributed by atoms with E-state index in [0.717, 1.165) is 29.7 Å². The zero-order valence-corrected chi connectivity index (χ0v) is 15.1. The van der Waals surface area contributed by atoms with Gasteiger partial charge in [0.1, 0.15) is 9.88 Å². The molecule has 0 radical (unpaired) electrons. The first-order valence-electron chi connectivity index (χ1n) is 8.09. The summed E-state index contributed by atoms with van der Waals surface area (Å²) in [5, 5.41) is 0.665. The molecule has 2 amide bonds. The predicted octanol–water partition coefficient (Wildman–Crippen LogP) is 4.20. The van der Waals surface area contributed by atoms with Gasteiger partial charge in [0.2, 0.25) is 0 Å². The lowest BCUT2D eigenvalue weighted by atomic mass is 10.1. The first-order chi connectivity index (χ1) is 13.8. The maximum Gasteiger partial charge on any atom is 0.416 e. The molecule has 0 bridgehead atoms. The molecule has 29 heavy (non-hydrogen) atoms. The number of halogens is 3. The number of thiazole rings is 1. The van der Waals surface area contributed by atoms with Gasteiger partial charge in [0.15, 0.2) is 0 Å². The average Bonchev–Trinajstić information content (AvgIpc) is 3.28. The Hall–Kier alpha value is -3.53. The van der Waals surface area contributed by atoms with Crippen LogP contribution in [-0.2, 0) is 11.0 Å².